The molecule has 4 heteroatoms. The van der Waals surface area contributed by atoms with E-state index in [4.69, 9.17) is 1.37 Å². The van der Waals surface area contributed by atoms with E-state index in [0.717, 1.165) is 0 Å². The molecule has 0 saturated heterocycles. The maximum atomic E-state index is 7.35. The molecule has 4 nitrogen and oxygen atoms in total. The zero-order chi connectivity index (χ0) is 9.26. The van der Waals surface area contributed by atoms with Crippen molar-refractivity contribution in [3.63, 3.8) is 0 Å². The Bertz CT molecular complexity index is 390. The molecule has 2 rings (SSSR count). The summed E-state index contributed by atoms with van der Waals surface area (Å²) in [5, 5.41) is 4.04. The molecule has 2 aromatic heterocycles. The molecule has 60 valence electrons. The number of hydrogen-bond donors (Lipinski definition) is 0. The topological polar surface area (TPSA) is 43.6 Å². The lowest BCUT2D eigenvalue weighted by Crippen LogP contribution is -1.89. The van der Waals surface area contributed by atoms with Crippen LogP contribution in [0.5, 0.6) is 0 Å². The molecule has 0 unspecified atom stereocenters. The molecule has 0 aliphatic carbocycles. The van der Waals surface area contributed by atoms with E-state index in [0.29, 0.717) is 11.5 Å². The van der Waals surface area contributed by atoms with Crippen molar-refractivity contribution in [3.05, 3.63) is 30.7 Å². The van der Waals surface area contributed by atoms with Crippen LogP contribution in [0.4, 0.5) is 0 Å². The van der Waals surface area contributed by atoms with Gasteiger partial charge in [-0.3, -0.25) is 9.67 Å². The molecule has 0 fully saturated rings. The van der Waals surface area contributed by atoms with E-state index in [9.17, 15) is 0 Å². The average Bonchev–Trinajstić information content (AvgIpc) is 2.49. The second kappa shape index (κ2) is 2.73. The van der Waals surface area contributed by atoms with Gasteiger partial charge in [-0.05, 0) is 12.1 Å². The summed E-state index contributed by atoms with van der Waals surface area (Å²) in [5.41, 5.74) is 0.691. The number of aryl methyl sites for hydroxylation is 1. The van der Waals surface area contributed by atoms with Gasteiger partial charge < -0.3 is 0 Å². The van der Waals surface area contributed by atoms with Crippen LogP contribution in [0.1, 0.15) is 1.37 Å². The molecule has 0 atom stereocenters. The van der Waals surface area contributed by atoms with Crippen LogP contribution in [0.15, 0.2) is 30.7 Å². The van der Waals surface area contributed by atoms with Crippen molar-refractivity contribution < 1.29 is 1.37 Å². The van der Waals surface area contributed by atoms with Gasteiger partial charge in [0.2, 0.25) is 0 Å². The van der Waals surface area contributed by atoms with Crippen molar-refractivity contribution in [2.24, 2.45) is 7.05 Å². The number of aromatic nitrogens is 4. The highest BCUT2D eigenvalue weighted by molar-refractivity contribution is 5.46. The Hall–Kier alpha value is -1.71. The van der Waals surface area contributed by atoms with E-state index >= 15 is 0 Å². The molecular weight excluding hydrogens is 152 g/mol. The van der Waals surface area contributed by atoms with Gasteiger partial charge in [0.25, 0.3) is 0 Å². The van der Waals surface area contributed by atoms with Gasteiger partial charge in [-0.2, -0.15) is 0 Å². The summed E-state index contributed by atoms with van der Waals surface area (Å²) in [7, 11) is 1.68. The molecule has 0 saturated carbocycles. The zero-order valence-corrected chi connectivity index (χ0v) is 6.60. The molecule has 0 aliphatic rings. The number of rotatable bonds is 1. The first kappa shape index (κ1) is 5.88. The highest BCUT2D eigenvalue weighted by Crippen LogP contribution is 2.08. The first-order valence-corrected chi connectivity index (χ1v) is 3.56. The van der Waals surface area contributed by atoms with Gasteiger partial charge >= 0.3 is 0 Å². The number of pyridine rings is 1. The van der Waals surface area contributed by atoms with Gasteiger partial charge in [0, 0.05) is 13.2 Å². The van der Waals surface area contributed by atoms with Crippen molar-refractivity contribution in [2.75, 3.05) is 0 Å². The summed E-state index contributed by atoms with van der Waals surface area (Å²) >= 11 is 0. The SMILES string of the molecule is [2H]c1nc(-c2ccccn2)nn1C. The summed E-state index contributed by atoms with van der Waals surface area (Å²) < 4.78 is 8.76. The fourth-order valence-corrected chi connectivity index (χ4v) is 0.910. The third kappa shape index (κ3) is 1.18. The normalized spacial score (nSPS) is 11.2. The lowest BCUT2D eigenvalue weighted by Gasteiger charge is -1.90. The highest BCUT2D eigenvalue weighted by Gasteiger charge is 2.01. The Morgan fingerprint density at radius 3 is 2.92 bits per heavy atom. The van der Waals surface area contributed by atoms with Gasteiger partial charge in [0.1, 0.15) is 13.4 Å². The second-order valence-electron chi connectivity index (χ2n) is 2.37. The van der Waals surface area contributed by atoms with Crippen molar-refractivity contribution in [1.29, 1.82) is 0 Å². The molecule has 0 aliphatic heterocycles. The fourth-order valence-electron chi connectivity index (χ4n) is 0.910. The standard InChI is InChI=1S/C8H8N4/c1-12-6-10-8(11-12)7-4-2-3-5-9-7/h2-6H,1H3/i6D. The fraction of sp³-hybridized carbons (Fsp3) is 0.125. The Morgan fingerprint density at radius 1 is 1.42 bits per heavy atom. The molecule has 2 aromatic rings. The summed E-state index contributed by atoms with van der Waals surface area (Å²) in [6.45, 7) is 0. The third-order valence-electron chi connectivity index (χ3n) is 1.44. The summed E-state index contributed by atoms with van der Waals surface area (Å²) in [6, 6.07) is 5.51. The summed E-state index contributed by atoms with van der Waals surface area (Å²) in [6.07, 6.45) is 1.82. The Balaban J connectivity index is 2.48. The lowest BCUT2D eigenvalue weighted by atomic mass is 10.3. The minimum atomic E-state index is 0.139. The molecule has 0 N–H and O–H groups in total. The van der Waals surface area contributed by atoms with Crippen LogP contribution in [0.25, 0.3) is 11.5 Å². The van der Waals surface area contributed by atoms with Gasteiger partial charge in [0.05, 0.1) is 0 Å². The Labute approximate surface area is 71.3 Å². The largest absolute Gasteiger partial charge is 0.255 e. The maximum absolute atomic E-state index is 7.35. The van der Waals surface area contributed by atoms with Crippen LogP contribution in [-0.4, -0.2) is 19.7 Å². The summed E-state index contributed by atoms with van der Waals surface area (Å²) in [5.74, 6) is 0.494. The van der Waals surface area contributed by atoms with Crippen molar-refractivity contribution >= 4 is 0 Å². The van der Waals surface area contributed by atoms with Crippen LogP contribution in [0.2, 0.25) is 0 Å². The molecule has 12 heavy (non-hydrogen) atoms. The van der Waals surface area contributed by atoms with E-state index in [1.54, 1.807) is 13.2 Å². The van der Waals surface area contributed by atoms with Gasteiger partial charge in [-0.25, -0.2) is 4.98 Å². The molecule has 0 aromatic carbocycles. The smallest absolute Gasteiger partial charge is 0.199 e. The van der Waals surface area contributed by atoms with Gasteiger partial charge in [0.15, 0.2) is 5.82 Å². The van der Waals surface area contributed by atoms with Crippen LogP contribution >= 0.6 is 0 Å². The number of nitrogens with zero attached hydrogens (tertiary/aromatic N) is 4. The van der Waals surface area contributed by atoms with Crippen molar-refractivity contribution in [3.8, 4) is 11.5 Å². The van der Waals surface area contributed by atoms with Crippen molar-refractivity contribution in [1.82, 2.24) is 19.7 Å². The predicted octanol–water partition coefficient (Wildman–Crippen LogP) is 0.877. The number of hydrogen-bond acceptors (Lipinski definition) is 3. The van der Waals surface area contributed by atoms with E-state index in [1.807, 2.05) is 18.2 Å². The third-order valence-corrected chi connectivity index (χ3v) is 1.44. The first-order chi connectivity index (χ1) is 6.27. The lowest BCUT2D eigenvalue weighted by molar-refractivity contribution is 0.767. The predicted molar refractivity (Wildman–Crippen MR) is 44.2 cm³/mol. The molecule has 2 heterocycles. The molecular formula is C8H8N4. The van der Waals surface area contributed by atoms with Gasteiger partial charge in [-0.1, -0.05) is 6.07 Å². The minimum absolute atomic E-state index is 0.139. The van der Waals surface area contributed by atoms with Crippen LogP contribution in [-0.2, 0) is 7.05 Å². The van der Waals surface area contributed by atoms with E-state index in [1.165, 1.54) is 4.68 Å². The van der Waals surface area contributed by atoms with E-state index < -0.39 is 0 Å². The summed E-state index contributed by atoms with van der Waals surface area (Å²) in [4.78, 5) is 8.02. The highest BCUT2D eigenvalue weighted by atomic mass is 15.3. The zero-order valence-electron chi connectivity index (χ0n) is 7.60. The molecule has 0 spiro atoms. The van der Waals surface area contributed by atoms with Gasteiger partial charge in [-0.15, -0.1) is 5.10 Å². The van der Waals surface area contributed by atoms with Crippen LogP contribution in [0, 0.1) is 0 Å². The monoisotopic (exact) mass is 161 g/mol. The molecule has 0 amide bonds. The Morgan fingerprint density at radius 2 is 2.33 bits per heavy atom. The average molecular weight is 161 g/mol. The van der Waals surface area contributed by atoms with Crippen LogP contribution < -0.4 is 0 Å². The molecule has 0 radical (unpaired) electrons. The minimum Gasteiger partial charge on any atom is -0.255 e. The second-order valence-corrected chi connectivity index (χ2v) is 2.37. The quantitative estimate of drug-likeness (QED) is 0.623. The Kier molecular flexibility index (Phi) is 1.34. The van der Waals surface area contributed by atoms with Crippen LogP contribution in [0.3, 0.4) is 0 Å². The maximum Gasteiger partial charge on any atom is 0.199 e. The van der Waals surface area contributed by atoms with E-state index in [2.05, 4.69) is 15.1 Å². The van der Waals surface area contributed by atoms with Crippen molar-refractivity contribution in [2.45, 2.75) is 0 Å². The molecule has 0 bridgehead atoms. The first-order valence-electron chi connectivity index (χ1n) is 4.06. The van der Waals surface area contributed by atoms with E-state index in [-0.39, 0.29) is 6.30 Å².